The number of nitrogens with two attached hydrogens (primary N) is 1. The second-order valence-corrected chi connectivity index (χ2v) is 4.75. The van der Waals surface area contributed by atoms with Crippen molar-refractivity contribution in [1.82, 2.24) is 10.3 Å². The summed E-state index contributed by atoms with van der Waals surface area (Å²) in [4.78, 5) is 15.8. The molecule has 1 aromatic heterocycles. The molecule has 1 amide bonds. The molecule has 0 radical (unpaired) electrons. The van der Waals surface area contributed by atoms with Crippen LogP contribution in [0.5, 0.6) is 0 Å². The predicted molar refractivity (Wildman–Crippen MR) is 69.1 cm³/mol. The van der Waals surface area contributed by atoms with Crippen LogP contribution in [-0.4, -0.2) is 10.9 Å². The van der Waals surface area contributed by atoms with E-state index in [-0.39, 0.29) is 17.1 Å². The smallest absolute Gasteiger partial charge is 0.256 e. The van der Waals surface area contributed by atoms with Crippen molar-refractivity contribution >= 4 is 34.0 Å². The van der Waals surface area contributed by atoms with Crippen LogP contribution >= 0.6 is 22.9 Å². The summed E-state index contributed by atoms with van der Waals surface area (Å²) >= 11 is 7.05. The number of amides is 1. The highest BCUT2D eigenvalue weighted by Crippen LogP contribution is 2.19. The summed E-state index contributed by atoms with van der Waals surface area (Å²) in [5.41, 5.74) is 5.92. The summed E-state index contributed by atoms with van der Waals surface area (Å²) in [7, 11) is 0. The minimum Gasteiger partial charge on any atom is -0.375 e. The fourth-order valence-corrected chi connectivity index (χ4v) is 2.19. The van der Waals surface area contributed by atoms with E-state index in [4.69, 9.17) is 17.3 Å². The zero-order valence-corrected chi connectivity index (χ0v) is 10.7. The third-order valence-electron chi connectivity index (χ3n) is 2.19. The normalized spacial score (nSPS) is 10.3. The Morgan fingerprint density at radius 3 is 2.94 bits per heavy atom. The highest BCUT2D eigenvalue weighted by atomic mass is 35.5. The molecule has 1 aromatic carbocycles. The molecule has 94 valence electrons. The third-order valence-corrected chi connectivity index (χ3v) is 3.23. The Labute approximate surface area is 112 Å². The Morgan fingerprint density at radius 1 is 1.56 bits per heavy atom. The Bertz CT molecular complexity index is 567. The van der Waals surface area contributed by atoms with Gasteiger partial charge in [0, 0.05) is 5.38 Å². The van der Waals surface area contributed by atoms with E-state index < -0.39 is 11.7 Å². The molecule has 0 saturated heterocycles. The standard InChI is InChI=1S/C11H9ClFN3OS/c12-7-2-1-3-8(13)9(7)10(17)15-4-6-5-18-11(14)16-6/h1-3,5H,4H2,(H2,14,16)(H,15,17). The molecule has 0 saturated carbocycles. The number of anilines is 1. The van der Waals surface area contributed by atoms with E-state index in [2.05, 4.69) is 10.3 Å². The Hall–Kier alpha value is -1.66. The number of aromatic nitrogens is 1. The van der Waals surface area contributed by atoms with Crippen molar-refractivity contribution in [2.24, 2.45) is 0 Å². The summed E-state index contributed by atoms with van der Waals surface area (Å²) in [5.74, 6) is -1.23. The van der Waals surface area contributed by atoms with Gasteiger partial charge >= 0.3 is 0 Å². The number of carbonyl (C=O) groups is 1. The van der Waals surface area contributed by atoms with Crippen LogP contribution in [0.2, 0.25) is 5.02 Å². The van der Waals surface area contributed by atoms with Crippen LogP contribution in [0.15, 0.2) is 23.6 Å². The number of benzene rings is 1. The monoisotopic (exact) mass is 285 g/mol. The molecule has 4 nitrogen and oxygen atoms in total. The lowest BCUT2D eigenvalue weighted by Gasteiger charge is -2.06. The number of halogens is 2. The van der Waals surface area contributed by atoms with E-state index in [1.807, 2.05) is 0 Å². The maximum Gasteiger partial charge on any atom is 0.256 e. The molecule has 0 aliphatic heterocycles. The summed E-state index contributed by atoms with van der Waals surface area (Å²) in [5, 5.41) is 4.75. The van der Waals surface area contributed by atoms with Crippen molar-refractivity contribution < 1.29 is 9.18 Å². The van der Waals surface area contributed by atoms with Gasteiger partial charge in [-0.3, -0.25) is 4.79 Å². The van der Waals surface area contributed by atoms with Gasteiger partial charge in [0.2, 0.25) is 0 Å². The average molecular weight is 286 g/mol. The van der Waals surface area contributed by atoms with E-state index in [9.17, 15) is 9.18 Å². The van der Waals surface area contributed by atoms with E-state index in [0.717, 1.165) is 0 Å². The first-order valence-corrected chi connectivity index (χ1v) is 6.26. The lowest BCUT2D eigenvalue weighted by atomic mass is 10.2. The van der Waals surface area contributed by atoms with Gasteiger partial charge in [-0.15, -0.1) is 11.3 Å². The van der Waals surface area contributed by atoms with Gasteiger partial charge in [0.15, 0.2) is 5.13 Å². The SMILES string of the molecule is Nc1nc(CNC(=O)c2c(F)cccc2Cl)cs1. The molecule has 7 heteroatoms. The predicted octanol–water partition coefficient (Wildman–Crippen LogP) is 2.45. The summed E-state index contributed by atoms with van der Waals surface area (Å²) in [6.07, 6.45) is 0. The molecular formula is C11H9ClFN3OS. The first-order valence-electron chi connectivity index (χ1n) is 5.00. The molecule has 1 heterocycles. The molecule has 2 aromatic rings. The van der Waals surface area contributed by atoms with Crippen LogP contribution in [0.1, 0.15) is 16.1 Å². The Kier molecular flexibility index (Phi) is 3.78. The quantitative estimate of drug-likeness (QED) is 0.910. The van der Waals surface area contributed by atoms with Crippen LogP contribution in [-0.2, 0) is 6.54 Å². The van der Waals surface area contributed by atoms with Crippen molar-refractivity contribution in [3.05, 3.63) is 45.7 Å². The highest BCUT2D eigenvalue weighted by molar-refractivity contribution is 7.13. The molecule has 0 fully saturated rings. The molecule has 0 atom stereocenters. The van der Waals surface area contributed by atoms with Crippen LogP contribution in [0.25, 0.3) is 0 Å². The maximum atomic E-state index is 13.5. The van der Waals surface area contributed by atoms with Crippen molar-refractivity contribution in [1.29, 1.82) is 0 Å². The minimum absolute atomic E-state index is 0.0743. The van der Waals surface area contributed by atoms with E-state index in [1.54, 1.807) is 5.38 Å². The first kappa shape index (κ1) is 12.8. The first-order chi connectivity index (χ1) is 8.58. The Balaban J connectivity index is 2.08. The number of nitrogens with one attached hydrogen (secondary N) is 1. The van der Waals surface area contributed by atoms with Crippen LogP contribution in [0.3, 0.4) is 0 Å². The lowest BCUT2D eigenvalue weighted by Crippen LogP contribution is -2.24. The van der Waals surface area contributed by atoms with E-state index in [1.165, 1.54) is 29.5 Å². The summed E-state index contributed by atoms with van der Waals surface area (Å²) < 4.78 is 13.5. The molecule has 2 rings (SSSR count). The zero-order chi connectivity index (χ0) is 13.1. The van der Waals surface area contributed by atoms with Gasteiger partial charge in [-0.2, -0.15) is 0 Å². The molecule has 18 heavy (non-hydrogen) atoms. The molecule has 0 spiro atoms. The largest absolute Gasteiger partial charge is 0.375 e. The van der Waals surface area contributed by atoms with Gasteiger partial charge in [0.1, 0.15) is 5.82 Å². The number of hydrogen-bond donors (Lipinski definition) is 2. The minimum atomic E-state index is -0.655. The number of thiazole rings is 1. The number of hydrogen-bond acceptors (Lipinski definition) is 4. The van der Waals surface area contributed by atoms with Crippen LogP contribution in [0, 0.1) is 5.82 Å². The van der Waals surface area contributed by atoms with Gasteiger partial charge in [-0.25, -0.2) is 9.37 Å². The van der Waals surface area contributed by atoms with Gasteiger partial charge in [0.25, 0.3) is 5.91 Å². The molecule has 0 bridgehead atoms. The molecule has 0 aliphatic carbocycles. The van der Waals surface area contributed by atoms with Gasteiger partial charge < -0.3 is 11.1 Å². The summed E-state index contributed by atoms with van der Waals surface area (Å²) in [6.45, 7) is 0.178. The van der Waals surface area contributed by atoms with Crippen LogP contribution in [0.4, 0.5) is 9.52 Å². The topological polar surface area (TPSA) is 68.0 Å². The Morgan fingerprint density at radius 2 is 2.33 bits per heavy atom. The number of nitrogen functional groups attached to an aromatic ring is 1. The van der Waals surface area contributed by atoms with E-state index >= 15 is 0 Å². The van der Waals surface area contributed by atoms with Crippen molar-refractivity contribution in [2.75, 3.05) is 5.73 Å². The molecule has 3 N–H and O–H groups in total. The average Bonchev–Trinajstić information content (AvgIpc) is 2.72. The molecule has 0 aliphatic rings. The summed E-state index contributed by atoms with van der Waals surface area (Å²) in [6, 6.07) is 4.08. The fourth-order valence-electron chi connectivity index (χ4n) is 1.38. The lowest BCUT2D eigenvalue weighted by molar-refractivity contribution is 0.0946. The van der Waals surface area contributed by atoms with Crippen molar-refractivity contribution in [3.63, 3.8) is 0 Å². The van der Waals surface area contributed by atoms with Crippen LogP contribution < -0.4 is 11.1 Å². The van der Waals surface area contributed by atoms with Gasteiger partial charge in [0.05, 0.1) is 22.8 Å². The second kappa shape index (κ2) is 5.32. The van der Waals surface area contributed by atoms with Crippen molar-refractivity contribution in [3.8, 4) is 0 Å². The molecule has 0 unspecified atom stereocenters. The van der Waals surface area contributed by atoms with Gasteiger partial charge in [-0.05, 0) is 12.1 Å². The third kappa shape index (κ3) is 2.77. The zero-order valence-electron chi connectivity index (χ0n) is 9.11. The number of rotatable bonds is 3. The van der Waals surface area contributed by atoms with Gasteiger partial charge in [-0.1, -0.05) is 17.7 Å². The van der Waals surface area contributed by atoms with Crippen molar-refractivity contribution in [2.45, 2.75) is 6.54 Å². The highest BCUT2D eigenvalue weighted by Gasteiger charge is 2.15. The second-order valence-electron chi connectivity index (χ2n) is 3.46. The number of carbonyl (C=O) groups excluding carboxylic acids is 1. The maximum absolute atomic E-state index is 13.5. The number of nitrogens with zero attached hydrogens (tertiary/aromatic N) is 1. The molecular weight excluding hydrogens is 277 g/mol. The fraction of sp³-hybridized carbons (Fsp3) is 0.0909. The van der Waals surface area contributed by atoms with E-state index in [0.29, 0.717) is 10.8 Å².